The number of rotatable bonds is 14. The van der Waals surface area contributed by atoms with Crippen molar-refractivity contribution in [3.63, 3.8) is 0 Å². The molecule has 0 aliphatic carbocycles. The van der Waals surface area contributed by atoms with Crippen LogP contribution in [-0.2, 0) is 4.79 Å². The van der Waals surface area contributed by atoms with Crippen LogP contribution in [0.15, 0.2) is 0 Å². The monoisotopic (exact) mass is 338 g/mol. The third-order valence-electron chi connectivity index (χ3n) is 3.64. The van der Waals surface area contributed by atoms with Gasteiger partial charge in [0.2, 0.25) is 0 Å². The Bertz CT molecular complexity index is 219. The van der Waals surface area contributed by atoms with Gasteiger partial charge in [-0.05, 0) is 19.4 Å². The van der Waals surface area contributed by atoms with Gasteiger partial charge in [-0.3, -0.25) is 4.79 Å². The van der Waals surface area contributed by atoms with E-state index in [1.807, 2.05) is 0 Å². The molecule has 0 aliphatic rings. The van der Waals surface area contributed by atoms with Gasteiger partial charge in [-0.2, -0.15) is 6.42 Å². The second-order valence-corrected chi connectivity index (χ2v) is 5.91. The molecule has 0 aromatic carbocycles. The average Bonchev–Trinajstić information content (AvgIpc) is 2.50. The molecule has 0 aromatic heterocycles. The molecule has 134 valence electrons. The van der Waals surface area contributed by atoms with E-state index < -0.39 is 12.0 Å². The molecule has 23 heavy (non-hydrogen) atoms. The van der Waals surface area contributed by atoms with E-state index in [-0.39, 0.29) is 29.6 Å². The molecule has 4 nitrogen and oxygen atoms in total. The summed E-state index contributed by atoms with van der Waals surface area (Å²) in [5.41, 5.74) is 10.4. The molecule has 1 atom stereocenters. The molecule has 0 saturated carbocycles. The van der Waals surface area contributed by atoms with Crippen LogP contribution in [0.25, 0.3) is 0 Å². The third-order valence-corrected chi connectivity index (χ3v) is 3.64. The molecule has 0 amide bonds. The average molecular weight is 339 g/mol. The third kappa shape index (κ3) is 27.5. The zero-order valence-corrected chi connectivity index (χ0v) is 17.7. The maximum absolute atomic E-state index is 10.1. The van der Waals surface area contributed by atoms with Crippen molar-refractivity contribution >= 4 is 5.97 Å². The standard InChI is InChI=1S/C12H25.C6H14N2O2.Na/c1-3-5-7-9-11-12-10-8-6-4-2;7-4-2-1-3-5(8)6(9)10;/h1,3-12H2,2H3;5H,1-4,7-8H2,(H,9,10);/q-1;;+1. The second-order valence-electron chi connectivity index (χ2n) is 5.91. The Balaban J connectivity index is -0.000000338. The van der Waals surface area contributed by atoms with Gasteiger partial charge in [-0.1, -0.05) is 71.1 Å². The summed E-state index contributed by atoms with van der Waals surface area (Å²) in [6, 6.07) is -0.716. The van der Waals surface area contributed by atoms with Crippen molar-refractivity contribution in [1.29, 1.82) is 0 Å². The minimum atomic E-state index is -0.933. The summed E-state index contributed by atoms with van der Waals surface area (Å²) in [4.78, 5) is 10.1. The summed E-state index contributed by atoms with van der Waals surface area (Å²) >= 11 is 0. The van der Waals surface area contributed by atoms with Crippen LogP contribution < -0.4 is 41.0 Å². The molecular formula is C18H39N2NaO2. The van der Waals surface area contributed by atoms with Crippen molar-refractivity contribution in [2.75, 3.05) is 6.54 Å². The van der Waals surface area contributed by atoms with Crippen molar-refractivity contribution in [2.45, 2.75) is 96.4 Å². The number of unbranched alkanes of at least 4 members (excludes halogenated alkanes) is 10. The van der Waals surface area contributed by atoms with Gasteiger partial charge in [0.15, 0.2) is 0 Å². The van der Waals surface area contributed by atoms with Crippen LogP contribution in [0.2, 0.25) is 0 Å². The summed E-state index contributed by atoms with van der Waals surface area (Å²) in [7, 11) is 0. The molecule has 0 bridgehead atoms. The molecule has 5 N–H and O–H groups in total. The van der Waals surface area contributed by atoms with Gasteiger partial charge in [-0.25, -0.2) is 0 Å². The van der Waals surface area contributed by atoms with Gasteiger partial charge < -0.3 is 23.5 Å². The van der Waals surface area contributed by atoms with Crippen molar-refractivity contribution in [3.8, 4) is 0 Å². The maximum atomic E-state index is 10.1. The minimum absolute atomic E-state index is 0. The summed E-state index contributed by atoms with van der Waals surface area (Å²) < 4.78 is 0. The number of aliphatic carboxylic acids is 1. The fourth-order valence-corrected chi connectivity index (χ4v) is 2.12. The van der Waals surface area contributed by atoms with Crippen molar-refractivity contribution < 1.29 is 39.5 Å². The molecular weight excluding hydrogens is 299 g/mol. The summed E-state index contributed by atoms with van der Waals surface area (Å²) in [6.07, 6.45) is 16.0. The van der Waals surface area contributed by atoms with Gasteiger partial charge in [0.25, 0.3) is 0 Å². The van der Waals surface area contributed by atoms with E-state index in [2.05, 4.69) is 13.8 Å². The fourth-order valence-electron chi connectivity index (χ4n) is 2.12. The number of carboxylic acid groups (broad SMARTS) is 1. The molecule has 0 aliphatic heterocycles. The van der Waals surface area contributed by atoms with Crippen LogP contribution in [0.5, 0.6) is 0 Å². The Morgan fingerprint density at radius 1 is 0.957 bits per heavy atom. The molecule has 0 spiro atoms. The quantitative estimate of drug-likeness (QED) is 0.253. The van der Waals surface area contributed by atoms with Gasteiger partial charge in [0.1, 0.15) is 6.04 Å². The maximum Gasteiger partial charge on any atom is 1.00 e. The fraction of sp³-hybridized carbons (Fsp3) is 0.889. The Morgan fingerprint density at radius 3 is 1.83 bits per heavy atom. The first-order chi connectivity index (χ1) is 10.6. The minimum Gasteiger partial charge on any atom is -0.480 e. The molecule has 0 radical (unpaired) electrons. The predicted octanol–water partition coefficient (Wildman–Crippen LogP) is 1.27. The molecule has 5 heteroatoms. The van der Waals surface area contributed by atoms with Gasteiger partial charge >= 0.3 is 35.5 Å². The van der Waals surface area contributed by atoms with Crippen molar-refractivity contribution in [1.82, 2.24) is 0 Å². The first kappa shape index (κ1) is 28.2. The molecule has 0 aromatic rings. The molecule has 0 rings (SSSR count). The van der Waals surface area contributed by atoms with Gasteiger partial charge in [0, 0.05) is 0 Å². The van der Waals surface area contributed by atoms with Crippen molar-refractivity contribution in [2.24, 2.45) is 11.5 Å². The predicted molar refractivity (Wildman–Crippen MR) is 95.7 cm³/mol. The Hall–Kier alpha value is 0.390. The Kier molecular flexibility index (Phi) is 30.2. The number of nitrogens with two attached hydrogens (primary N) is 2. The summed E-state index contributed by atoms with van der Waals surface area (Å²) in [6.45, 7) is 6.72. The first-order valence-electron chi connectivity index (χ1n) is 9.07. The zero-order chi connectivity index (χ0) is 17.1. The Labute approximate surface area is 166 Å². The Morgan fingerprint density at radius 2 is 1.43 bits per heavy atom. The topological polar surface area (TPSA) is 89.3 Å². The first-order valence-corrected chi connectivity index (χ1v) is 9.07. The van der Waals surface area contributed by atoms with E-state index in [9.17, 15) is 4.79 Å². The molecule has 0 heterocycles. The number of carbonyl (C=O) groups is 1. The van der Waals surface area contributed by atoms with E-state index >= 15 is 0 Å². The largest absolute Gasteiger partial charge is 1.00 e. The van der Waals surface area contributed by atoms with Crippen LogP contribution >= 0.6 is 0 Å². The van der Waals surface area contributed by atoms with E-state index in [4.69, 9.17) is 16.6 Å². The summed E-state index contributed by atoms with van der Waals surface area (Å²) in [5, 5.41) is 8.33. The van der Waals surface area contributed by atoms with Crippen LogP contribution in [0.4, 0.5) is 0 Å². The van der Waals surface area contributed by atoms with Crippen LogP contribution in [-0.4, -0.2) is 23.7 Å². The zero-order valence-electron chi connectivity index (χ0n) is 15.7. The number of carboxylic acids is 1. The number of hydrogen-bond acceptors (Lipinski definition) is 3. The molecule has 1 unspecified atom stereocenters. The second kappa shape index (κ2) is 24.6. The van der Waals surface area contributed by atoms with E-state index in [1.54, 1.807) is 0 Å². The van der Waals surface area contributed by atoms with Crippen LogP contribution in [0.3, 0.4) is 0 Å². The molecule has 0 saturated heterocycles. The normalized spacial score (nSPS) is 11.1. The van der Waals surface area contributed by atoms with Crippen LogP contribution in [0, 0.1) is 6.92 Å². The SMILES string of the molecule is NCCCCC(N)C(=O)O.[CH2-]CCCCCCCCCCC.[Na+]. The summed E-state index contributed by atoms with van der Waals surface area (Å²) in [5.74, 6) is -0.933. The van der Waals surface area contributed by atoms with E-state index in [1.165, 1.54) is 57.8 Å². The van der Waals surface area contributed by atoms with E-state index in [0.29, 0.717) is 13.0 Å². The number of hydrogen-bond donors (Lipinski definition) is 3. The van der Waals surface area contributed by atoms with Gasteiger partial charge in [0.05, 0.1) is 0 Å². The van der Waals surface area contributed by atoms with Gasteiger partial charge in [-0.15, -0.1) is 0 Å². The van der Waals surface area contributed by atoms with E-state index in [0.717, 1.165) is 19.3 Å². The van der Waals surface area contributed by atoms with Crippen LogP contribution in [0.1, 0.15) is 90.4 Å². The smallest absolute Gasteiger partial charge is 0.480 e. The van der Waals surface area contributed by atoms with Crippen molar-refractivity contribution in [3.05, 3.63) is 6.92 Å². The molecule has 0 fully saturated rings.